The quantitative estimate of drug-likeness (QED) is 0.764. The molecule has 0 aliphatic rings. The van der Waals surface area contributed by atoms with Gasteiger partial charge in [0, 0.05) is 29.7 Å². The van der Waals surface area contributed by atoms with Crippen molar-refractivity contribution in [3.05, 3.63) is 35.8 Å². The Morgan fingerprint density at radius 3 is 3.06 bits per heavy atom. The summed E-state index contributed by atoms with van der Waals surface area (Å²) in [5.74, 6) is -0.472. The number of carbonyl (C=O) groups excluding carboxylic acids is 1. The zero-order valence-corrected chi connectivity index (χ0v) is 10.2. The summed E-state index contributed by atoms with van der Waals surface area (Å²) in [6.45, 7) is 2.21. The number of halogens is 1. The van der Waals surface area contributed by atoms with Crippen LogP contribution in [0.5, 0.6) is 0 Å². The highest BCUT2D eigenvalue weighted by Crippen LogP contribution is 2.21. The molecule has 18 heavy (non-hydrogen) atoms. The lowest BCUT2D eigenvalue weighted by atomic mass is 10.1. The molecular formula is C13H16FN3O. The first kappa shape index (κ1) is 12.6. The molecule has 1 heterocycles. The van der Waals surface area contributed by atoms with Gasteiger partial charge in [-0.05, 0) is 24.6 Å². The van der Waals surface area contributed by atoms with Crippen molar-refractivity contribution in [2.45, 2.75) is 19.4 Å². The van der Waals surface area contributed by atoms with Gasteiger partial charge in [-0.25, -0.2) is 4.39 Å². The predicted molar refractivity (Wildman–Crippen MR) is 68.6 cm³/mol. The van der Waals surface area contributed by atoms with Gasteiger partial charge in [0.05, 0.1) is 6.42 Å². The Labute approximate surface area is 104 Å². The zero-order valence-electron chi connectivity index (χ0n) is 10.2. The second kappa shape index (κ2) is 5.18. The summed E-state index contributed by atoms with van der Waals surface area (Å²) < 4.78 is 13.7. The molecule has 96 valence electrons. The number of aromatic nitrogens is 1. The van der Waals surface area contributed by atoms with Crippen LogP contribution < -0.4 is 11.1 Å². The third-order valence-corrected chi connectivity index (χ3v) is 2.85. The average molecular weight is 249 g/mol. The van der Waals surface area contributed by atoms with Gasteiger partial charge >= 0.3 is 0 Å². The van der Waals surface area contributed by atoms with Gasteiger partial charge < -0.3 is 16.0 Å². The molecule has 5 heteroatoms. The number of hydrogen-bond acceptors (Lipinski definition) is 2. The topological polar surface area (TPSA) is 70.9 Å². The van der Waals surface area contributed by atoms with Gasteiger partial charge in [-0.1, -0.05) is 6.07 Å². The molecule has 2 rings (SSSR count). The first-order valence-electron chi connectivity index (χ1n) is 5.85. The summed E-state index contributed by atoms with van der Waals surface area (Å²) in [6, 6.07) is 4.73. The van der Waals surface area contributed by atoms with E-state index in [-0.39, 0.29) is 24.2 Å². The molecule has 1 atom stereocenters. The van der Waals surface area contributed by atoms with Crippen molar-refractivity contribution in [3.63, 3.8) is 0 Å². The molecule has 4 N–H and O–H groups in total. The summed E-state index contributed by atoms with van der Waals surface area (Å²) >= 11 is 0. The molecule has 4 nitrogen and oxygen atoms in total. The average Bonchev–Trinajstić information content (AvgIpc) is 2.73. The highest BCUT2D eigenvalue weighted by atomic mass is 19.1. The van der Waals surface area contributed by atoms with E-state index in [2.05, 4.69) is 10.3 Å². The first-order chi connectivity index (χ1) is 8.61. The number of hydrogen-bond donors (Lipinski definition) is 3. The highest BCUT2D eigenvalue weighted by molar-refractivity contribution is 5.89. The Kier molecular flexibility index (Phi) is 3.62. The van der Waals surface area contributed by atoms with E-state index in [0.717, 1.165) is 0 Å². The van der Waals surface area contributed by atoms with Gasteiger partial charge in [0.25, 0.3) is 0 Å². The van der Waals surface area contributed by atoms with Crippen molar-refractivity contribution >= 4 is 16.8 Å². The number of fused-ring (bicyclic) bond motifs is 1. The number of H-pyrrole nitrogens is 1. The molecule has 0 fully saturated rings. The molecule has 0 bridgehead atoms. The van der Waals surface area contributed by atoms with E-state index in [1.807, 2.05) is 6.92 Å². The molecule has 1 amide bonds. The van der Waals surface area contributed by atoms with Crippen LogP contribution in [0.25, 0.3) is 10.9 Å². The number of aromatic amines is 1. The Morgan fingerprint density at radius 1 is 1.56 bits per heavy atom. The minimum atomic E-state index is -0.316. The van der Waals surface area contributed by atoms with Crippen molar-refractivity contribution in [1.82, 2.24) is 10.3 Å². The van der Waals surface area contributed by atoms with Crippen molar-refractivity contribution in [1.29, 1.82) is 0 Å². The molecule has 0 radical (unpaired) electrons. The van der Waals surface area contributed by atoms with Crippen LogP contribution in [0.15, 0.2) is 24.4 Å². The fourth-order valence-corrected chi connectivity index (χ4v) is 1.90. The lowest BCUT2D eigenvalue weighted by Gasteiger charge is -2.10. The SMILES string of the molecule is CC(CN)NC(=O)Cc1c[nH]c2cccc(F)c12. The minimum absolute atomic E-state index is 0.0763. The Morgan fingerprint density at radius 2 is 2.33 bits per heavy atom. The normalized spacial score (nSPS) is 12.6. The van der Waals surface area contributed by atoms with Gasteiger partial charge in [-0.15, -0.1) is 0 Å². The van der Waals surface area contributed by atoms with E-state index in [9.17, 15) is 9.18 Å². The van der Waals surface area contributed by atoms with E-state index >= 15 is 0 Å². The lowest BCUT2D eigenvalue weighted by molar-refractivity contribution is -0.120. The summed E-state index contributed by atoms with van der Waals surface area (Å²) in [7, 11) is 0. The van der Waals surface area contributed by atoms with Crippen LogP contribution in [-0.2, 0) is 11.2 Å². The molecule has 1 aromatic carbocycles. The molecule has 0 aliphatic carbocycles. The largest absolute Gasteiger partial charge is 0.361 e. The zero-order chi connectivity index (χ0) is 13.1. The molecule has 0 saturated carbocycles. The monoisotopic (exact) mass is 249 g/mol. The maximum atomic E-state index is 13.7. The number of rotatable bonds is 4. The Hall–Kier alpha value is -1.88. The first-order valence-corrected chi connectivity index (χ1v) is 5.85. The van der Waals surface area contributed by atoms with Crippen molar-refractivity contribution in [2.24, 2.45) is 5.73 Å². The fraction of sp³-hybridized carbons (Fsp3) is 0.308. The Balaban J connectivity index is 2.19. The van der Waals surface area contributed by atoms with Crippen molar-refractivity contribution < 1.29 is 9.18 Å². The number of nitrogens with two attached hydrogens (primary N) is 1. The third-order valence-electron chi connectivity index (χ3n) is 2.85. The number of nitrogens with one attached hydrogen (secondary N) is 2. The number of amides is 1. The molecule has 0 saturated heterocycles. The smallest absolute Gasteiger partial charge is 0.224 e. The van der Waals surface area contributed by atoms with Crippen LogP contribution in [0, 0.1) is 5.82 Å². The summed E-state index contributed by atoms with van der Waals surface area (Å²) in [5, 5.41) is 3.23. The van der Waals surface area contributed by atoms with E-state index in [1.165, 1.54) is 6.07 Å². The summed E-state index contributed by atoms with van der Waals surface area (Å²) in [6.07, 6.45) is 1.81. The molecule has 2 aromatic rings. The summed E-state index contributed by atoms with van der Waals surface area (Å²) in [4.78, 5) is 14.7. The second-order valence-electron chi connectivity index (χ2n) is 4.36. The van der Waals surface area contributed by atoms with Crippen molar-refractivity contribution in [3.8, 4) is 0 Å². The van der Waals surface area contributed by atoms with E-state index in [1.54, 1.807) is 18.3 Å². The molecule has 1 aromatic heterocycles. The Bertz CT molecular complexity index is 564. The maximum Gasteiger partial charge on any atom is 0.224 e. The highest BCUT2D eigenvalue weighted by Gasteiger charge is 2.13. The van der Waals surface area contributed by atoms with Gasteiger partial charge in [0.15, 0.2) is 0 Å². The molecular weight excluding hydrogens is 233 g/mol. The number of carbonyl (C=O) groups is 1. The van der Waals surface area contributed by atoms with Crippen LogP contribution in [-0.4, -0.2) is 23.5 Å². The molecule has 0 spiro atoms. The summed E-state index contributed by atoms with van der Waals surface area (Å²) in [5.41, 5.74) is 6.78. The van der Waals surface area contributed by atoms with Crippen LogP contribution in [0.4, 0.5) is 4.39 Å². The van der Waals surface area contributed by atoms with E-state index in [0.29, 0.717) is 23.0 Å². The van der Waals surface area contributed by atoms with Gasteiger partial charge in [-0.3, -0.25) is 4.79 Å². The predicted octanol–water partition coefficient (Wildman–Crippen LogP) is 1.31. The van der Waals surface area contributed by atoms with Gasteiger partial charge in [-0.2, -0.15) is 0 Å². The van der Waals surface area contributed by atoms with Crippen LogP contribution in [0.1, 0.15) is 12.5 Å². The molecule has 1 unspecified atom stereocenters. The van der Waals surface area contributed by atoms with E-state index in [4.69, 9.17) is 5.73 Å². The second-order valence-corrected chi connectivity index (χ2v) is 4.36. The lowest BCUT2D eigenvalue weighted by Crippen LogP contribution is -2.38. The van der Waals surface area contributed by atoms with Gasteiger partial charge in [0.2, 0.25) is 5.91 Å². The van der Waals surface area contributed by atoms with Crippen LogP contribution in [0.3, 0.4) is 0 Å². The van der Waals surface area contributed by atoms with Crippen LogP contribution in [0.2, 0.25) is 0 Å². The third kappa shape index (κ3) is 2.51. The maximum absolute atomic E-state index is 13.7. The van der Waals surface area contributed by atoms with Crippen LogP contribution >= 0.6 is 0 Å². The molecule has 0 aliphatic heterocycles. The fourth-order valence-electron chi connectivity index (χ4n) is 1.90. The number of benzene rings is 1. The van der Waals surface area contributed by atoms with Crippen molar-refractivity contribution in [2.75, 3.05) is 6.54 Å². The van der Waals surface area contributed by atoms with E-state index < -0.39 is 0 Å². The minimum Gasteiger partial charge on any atom is -0.361 e. The standard InChI is InChI=1S/C13H16FN3O/c1-8(6-15)17-12(18)5-9-7-16-11-4-2-3-10(14)13(9)11/h2-4,7-8,16H,5-6,15H2,1H3,(H,17,18). The van der Waals surface area contributed by atoms with Gasteiger partial charge in [0.1, 0.15) is 5.82 Å².